The summed E-state index contributed by atoms with van der Waals surface area (Å²) in [5.74, 6) is -0.249. The van der Waals surface area contributed by atoms with Crippen molar-refractivity contribution in [3.05, 3.63) is 45.8 Å². The standard InChI is InChI=1S/C14H13N3O2S2/c1-8-13(21-17-16-8)14(19)15-6-11(18)10-7-20-12-5-3-2-4-9(10)12/h2-5,7,11,18H,6H2,1H3,(H,15,19). The second-order valence-electron chi connectivity index (χ2n) is 4.60. The molecule has 21 heavy (non-hydrogen) atoms. The Morgan fingerprint density at radius 1 is 1.43 bits per heavy atom. The normalized spacial score (nSPS) is 12.5. The monoisotopic (exact) mass is 319 g/mol. The van der Waals surface area contributed by atoms with Crippen LogP contribution in [-0.4, -0.2) is 27.1 Å². The molecule has 0 saturated carbocycles. The van der Waals surface area contributed by atoms with Gasteiger partial charge >= 0.3 is 0 Å². The van der Waals surface area contributed by atoms with E-state index in [-0.39, 0.29) is 12.5 Å². The zero-order chi connectivity index (χ0) is 14.8. The van der Waals surface area contributed by atoms with Crippen molar-refractivity contribution < 1.29 is 9.90 Å². The third kappa shape index (κ3) is 2.80. The summed E-state index contributed by atoms with van der Waals surface area (Å²) in [4.78, 5) is 12.5. The summed E-state index contributed by atoms with van der Waals surface area (Å²) < 4.78 is 4.86. The van der Waals surface area contributed by atoms with Gasteiger partial charge in [-0.25, -0.2) is 0 Å². The van der Waals surface area contributed by atoms with Crippen LogP contribution in [0.25, 0.3) is 10.1 Å². The first-order chi connectivity index (χ1) is 10.2. The summed E-state index contributed by atoms with van der Waals surface area (Å²) in [6.45, 7) is 1.90. The van der Waals surface area contributed by atoms with Crippen molar-refractivity contribution >= 4 is 38.9 Å². The van der Waals surface area contributed by atoms with Crippen LogP contribution in [0.2, 0.25) is 0 Å². The second kappa shape index (κ2) is 5.88. The van der Waals surface area contributed by atoms with E-state index in [1.54, 1.807) is 18.3 Å². The second-order valence-corrected chi connectivity index (χ2v) is 6.27. The van der Waals surface area contributed by atoms with Crippen LogP contribution in [0.1, 0.15) is 27.0 Å². The van der Waals surface area contributed by atoms with Crippen LogP contribution >= 0.6 is 22.9 Å². The Kier molecular flexibility index (Phi) is 3.96. The number of nitrogens with zero attached hydrogens (tertiary/aromatic N) is 2. The summed E-state index contributed by atoms with van der Waals surface area (Å²) in [6.07, 6.45) is -0.730. The topological polar surface area (TPSA) is 75.1 Å². The largest absolute Gasteiger partial charge is 0.387 e. The molecule has 1 amide bonds. The number of rotatable bonds is 4. The number of aryl methyl sites for hydroxylation is 1. The highest BCUT2D eigenvalue weighted by atomic mass is 32.1. The van der Waals surface area contributed by atoms with Crippen molar-refractivity contribution in [3.63, 3.8) is 0 Å². The van der Waals surface area contributed by atoms with E-state index in [1.165, 1.54) is 0 Å². The molecule has 0 spiro atoms. The van der Waals surface area contributed by atoms with Crippen LogP contribution in [0, 0.1) is 6.92 Å². The van der Waals surface area contributed by atoms with E-state index in [2.05, 4.69) is 14.9 Å². The predicted octanol–water partition coefficient (Wildman–Crippen LogP) is 2.52. The third-order valence-corrected chi connectivity index (χ3v) is 4.99. The molecule has 1 aromatic carbocycles. The van der Waals surface area contributed by atoms with E-state index in [4.69, 9.17) is 0 Å². The van der Waals surface area contributed by atoms with Gasteiger partial charge < -0.3 is 10.4 Å². The van der Waals surface area contributed by atoms with E-state index < -0.39 is 6.10 Å². The van der Waals surface area contributed by atoms with E-state index in [9.17, 15) is 9.90 Å². The number of hydrogen-bond donors (Lipinski definition) is 2. The fourth-order valence-electron chi connectivity index (χ4n) is 2.08. The average Bonchev–Trinajstić information content (AvgIpc) is 3.10. The Labute approximate surface area is 129 Å². The molecule has 2 aromatic heterocycles. The maximum atomic E-state index is 12.0. The molecule has 0 aliphatic carbocycles. The van der Waals surface area contributed by atoms with Crippen molar-refractivity contribution in [1.82, 2.24) is 14.9 Å². The van der Waals surface area contributed by atoms with Crippen molar-refractivity contribution in [2.45, 2.75) is 13.0 Å². The maximum absolute atomic E-state index is 12.0. The average molecular weight is 319 g/mol. The van der Waals surface area contributed by atoms with E-state index in [1.807, 2.05) is 29.6 Å². The Morgan fingerprint density at radius 2 is 2.24 bits per heavy atom. The molecule has 0 bridgehead atoms. The van der Waals surface area contributed by atoms with Crippen molar-refractivity contribution in [2.75, 3.05) is 6.54 Å². The summed E-state index contributed by atoms with van der Waals surface area (Å²) >= 11 is 2.64. The van der Waals surface area contributed by atoms with E-state index in [0.29, 0.717) is 10.6 Å². The van der Waals surface area contributed by atoms with Gasteiger partial charge in [-0.3, -0.25) is 4.79 Å². The smallest absolute Gasteiger partial charge is 0.265 e. The Bertz CT molecular complexity index is 781. The van der Waals surface area contributed by atoms with Crippen LogP contribution in [-0.2, 0) is 0 Å². The van der Waals surface area contributed by atoms with Crippen molar-refractivity contribution in [1.29, 1.82) is 0 Å². The number of carbonyl (C=O) groups excluding carboxylic acids is 1. The lowest BCUT2D eigenvalue weighted by atomic mass is 10.1. The third-order valence-electron chi connectivity index (χ3n) is 3.18. The number of carbonyl (C=O) groups is 1. The van der Waals surface area contributed by atoms with Gasteiger partial charge in [-0.05, 0) is 35.3 Å². The molecular formula is C14H13N3O2S2. The molecule has 0 fully saturated rings. The molecule has 5 nitrogen and oxygen atoms in total. The van der Waals surface area contributed by atoms with Gasteiger partial charge in [-0.1, -0.05) is 22.7 Å². The van der Waals surface area contributed by atoms with E-state index >= 15 is 0 Å². The Hall–Kier alpha value is -1.83. The van der Waals surface area contributed by atoms with Gasteiger partial charge in [0.15, 0.2) is 0 Å². The molecule has 3 aromatic rings. The Morgan fingerprint density at radius 3 is 3.00 bits per heavy atom. The van der Waals surface area contributed by atoms with Gasteiger partial charge in [0.05, 0.1) is 11.8 Å². The van der Waals surface area contributed by atoms with Gasteiger partial charge in [0.2, 0.25) is 0 Å². The summed E-state index contributed by atoms with van der Waals surface area (Å²) in [6, 6.07) is 7.90. The fraction of sp³-hybridized carbons (Fsp3) is 0.214. The quantitative estimate of drug-likeness (QED) is 0.775. The zero-order valence-electron chi connectivity index (χ0n) is 11.2. The van der Waals surface area contributed by atoms with Crippen LogP contribution in [0.3, 0.4) is 0 Å². The lowest BCUT2D eigenvalue weighted by Crippen LogP contribution is -2.28. The summed E-state index contributed by atoms with van der Waals surface area (Å²) in [7, 11) is 0. The highest BCUT2D eigenvalue weighted by Gasteiger charge is 2.17. The lowest BCUT2D eigenvalue weighted by Gasteiger charge is -2.11. The molecule has 0 aliphatic rings. The van der Waals surface area contributed by atoms with Gasteiger partial charge in [-0.15, -0.1) is 16.4 Å². The minimum atomic E-state index is -0.730. The number of aromatic nitrogens is 2. The maximum Gasteiger partial charge on any atom is 0.265 e. The molecule has 2 N–H and O–H groups in total. The molecule has 1 unspecified atom stereocenters. The van der Waals surface area contributed by atoms with Crippen LogP contribution in [0.5, 0.6) is 0 Å². The molecule has 0 aliphatic heterocycles. The number of benzene rings is 1. The fourth-order valence-corrected chi connectivity index (χ4v) is 3.66. The van der Waals surface area contributed by atoms with E-state index in [0.717, 1.165) is 27.2 Å². The van der Waals surface area contributed by atoms with Crippen molar-refractivity contribution in [2.24, 2.45) is 0 Å². The number of nitrogens with one attached hydrogen (secondary N) is 1. The first-order valence-electron chi connectivity index (χ1n) is 6.38. The van der Waals surface area contributed by atoms with Gasteiger partial charge in [0.25, 0.3) is 5.91 Å². The predicted molar refractivity (Wildman–Crippen MR) is 83.8 cm³/mol. The molecule has 7 heteroatoms. The van der Waals surface area contributed by atoms with Crippen molar-refractivity contribution in [3.8, 4) is 0 Å². The summed E-state index contributed by atoms with van der Waals surface area (Å²) in [5, 5.41) is 19.8. The minimum absolute atomic E-state index is 0.164. The number of thiophene rings is 1. The van der Waals surface area contributed by atoms with Gasteiger partial charge in [0, 0.05) is 16.8 Å². The number of hydrogen-bond acceptors (Lipinski definition) is 6. The first kappa shape index (κ1) is 14.1. The molecule has 0 radical (unpaired) electrons. The lowest BCUT2D eigenvalue weighted by molar-refractivity contribution is 0.0920. The molecule has 1 atom stereocenters. The summed E-state index contributed by atoms with van der Waals surface area (Å²) in [5.41, 5.74) is 1.45. The molecule has 108 valence electrons. The number of aliphatic hydroxyl groups is 1. The van der Waals surface area contributed by atoms with Crippen LogP contribution in [0.4, 0.5) is 0 Å². The molecule has 3 rings (SSSR count). The van der Waals surface area contributed by atoms with Gasteiger partial charge in [0.1, 0.15) is 4.88 Å². The minimum Gasteiger partial charge on any atom is -0.387 e. The molecule has 2 heterocycles. The number of fused-ring (bicyclic) bond motifs is 1. The highest BCUT2D eigenvalue weighted by molar-refractivity contribution is 7.17. The molecular weight excluding hydrogens is 306 g/mol. The van der Waals surface area contributed by atoms with Crippen LogP contribution < -0.4 is 5.32 Å². The molecule has 0 saturated heterocycles. The zero-order valence-corrected chi connectivity index (χ0v) is 12.9. The highest BCUT2D eigenvalue weighted by Crippen LogP contribution is 2.29. The number of aliphatic hydroxyl groups excluding tert-OH is 1. The Balaban J connectivity index is 1.71. The first-order valence-corrected chi connectivity index (χ1v) is 8.03. The number of amides is 1. The van der Waals surface area contributed by atoms with Crippen LogP contribution in [0.15, 0.2) is 29.6 Å². The SMILES string of the molecule is Cc1nnsc1C(=O)NCC(O)c1csc2ccccc12. The van der Waals surface area contributed by atoms with Gasteiger partial charge in [-0.2, -0.15) is 0 Å².